The van der Waals surface area contributed by atoms with E-state index in [0.29, 0.717) is 17.3 Å². The fraction of sp³-hybridized carbons (Fsp3) is 0.375. The van der Waals surface area contributed by atoms with E-state index in [1.165, 1.54) is 6.07 Å². The third-order valence-electron chi connectivity index (χ3n) is 3.42. The zero-order valence-corrected chi connectivity index (χ0v) is 14.3. The molecule has 1 N–H and O–H groups in total. The predicted octanol–water partition coefficient (Wildman–Crippen LogP) is 2.20. The molecule has 0 fully saturated rings. The highest BCUT2D eigenvalue weighted by molar-refractivity contribution is 7.89. The van der Waals surface area contributed by atoms with Crippen LogP contribution in [0.4, 0.5) is 0 Å². The Morgan fingerprint density at radius 1 is 1.39 bits per heavy atom. The smallest absolute Gasteiger partial charge is 0.242 e. The topological polar surface area (TPSA) is 87.8 Å². The van der Waals surface area contributed by atoms with Crippen LogP contribution in [0.2, 0.25) is 0 Å². The Balaban J connectivity index is 2.23. The molecule has 122 valence electrons. The van der Waals surface area contributed by atoms with E-state index >= 15 is 0 Å². The first-order chi connectivity index (χ1) is 10.8. The first-order valence-corrected chi connectivity index (χ1v) is 8.83. The average molecular weight is 332 g/mol. The van der Waals surface area contributed by atoms with Gasteiger partial charge in [-0.1, -0.05) is 26.0 Å². The molecule has 1 heterocycles. The monoisotopic (exact) mass is 332 g/mol. The van der Waals surface area contributed by atoms with E-state index in [4.69, 9.17) is 0 Å². The fourth-order valence-corrected chi connectivity index (χ4v) is 3.52. The van der Waals surface area contributed by atoms with Gasteiger partial charge in [0.15, 0.2) is 0 Å². The first-order valence-electron chi connectivity index (χ1n) is 7.34. The van der Waals surface area contributed by atoms with E-state index < -0.39 is 10.0 Å². The van der Waals surface area contributed by atoms with Crippen LogP contribution < -0.4 is 4.72 Å². The summed E-state index contributed by atoms with van der Waals surface area (Å²) in [6.07, 6.45) is 3.48. The average Bonchev–Trinajstić information content (AvgIpc) is 2.91. The van der Waals surface area contributed by atoms with Gasteiger partial charge in [-0.25, -0.2) is 18.1 Å². The second kappa shape index (κ2) is 6.94. The number of aromatic nitrogens is 2. The summed E-state index contributed by atoms with van der Waals surface area (Å²) in [4.78, 5) is 4.20. The molecule has 1 aromatic heterocycles. The zero-order chi connectivity index (χ0) is 17.0. The van der Waals surface area contributed by atoms with E-state index in [2.05, 4.69) is 23.6 Å². The summed E-state index contributed by atoms with van der Waals surface area (Å²) in [5.41, 5.74) is 0.808. The quantitative estimate of drug-likeness (QED) is 0.878. The summed E-state index contributed by atoms with van der Waals surface area (Å²) in [5.74, 6) is 1.08. The molecule has 0 aliphatic heterocycles. The SMILES string of the molecule is Cc1cccc(S(=O)(=O)NCc2nccn2CC(C)C)c1C#N. The summed E-state index contributed by atoms with van der Waals surface area (Å²) < 4.78 is 29.4. The van der Waals surface area contributed by atoms with Gasteiger partial charge in [-0.15, -0.1) is 0 Å². The van der Waals surface area contributed by atoms with Crippen molar-refractivity contribution < 1.29 is 8.42 Å². The van der Waals surface area contributed by atoms with Crippen LogP contribution in [0, 0.1) is 24.2 Å². The minimum Gasteiger partial charge on any atom is -0.334 e. The molecule has 23 heavy (non-hydrogen) atoms. The Labute approximate surface area is 136 Å². The van der Waals surface area contributed by atoms with Crippen LogP contribution in [0.25, 0.3) is 0 Å². The Hall–Kier alpha value is -2.17. The van der Waals surface area contributed by atoms with Crippen molar-refractivity contribution in [1.29, 1.82) is 5.26 Å². The highest BCUT2D eigenvalue weighted by atomic mass is 32.2. The molecule has 6 nitrogen and oxygen atoms in total. The number of sulfonamides is 1. The van der Waals surface area contributed by atoms with Crippen LogP contribution in [-0.2, 0) is 23.1 Å². The lowest BCUT2D eigenvalue weighted by molar-refractivity contribution is 0.502. The van der Waals surface area contributed by atoms with E-state index in [0.717, 1.165) is 6.54 Å². The Kier molecular flexibility index (Phi) is 5.19. The third-order valence-corrected chi connectivity index (χ3v) is 4.86. The van der Waals surface area contributed by atoms with Crippen LogP contribution in [-0.4, -0.2) is 18.0 Å². The molecule has 0 aliphatic carbocycles. The number of imidazole rings is 1. The normalized spacial score (nSPS) is 11.6. The van der Waals surface area contributed by atoms with Gasteiger partial charge in [-0.05, 0) is 24.5 Å². The minimum atomic E-state index is -3.77. The van der Waals surface area contributed by atoms with Crippen molar-refractivity contribution in [3.05, 3.63) is 47.5 Å². The molecule has 2 aromatic rings. The van der Waals surface area contributed by atoms with Crippen molar-refractivity contribution in [2.75, 3.05) is 0 Å². The third kappa shape index (κ3) is 3.97. The van der Waals surface area contributed by atoms with Gasteiger partial charge in [0.05, 0.1) is 12.1 Å². The van der Waals surface area contributed by atoms with Crippen molar-refractivity contribution in [1.82, 2.24) is 14.3 Å². The van der Waals surface area contributed by atoms with E-state index in [9.17, 15) is 13.7 Å². The highest BCUT2D eigenvalue weighted by Gasteiger charge is 2.20. The van der Waals surface area contributed by atoms with Gasteiger partial charge >= 0.3 is 0 Å². The number of hydrogen-bond donors (Lipinski definition) is 1. The number of hydrogen-bond acceptors (Lipinski definition) is 4. The lowest BCUT2D eigenvalue weighted by Crippen LogP contribution is -2.26. The second-order valence-electron chi connectivity index (χ2n) is 5.77. The number of nitrogens with one attached hydrogen (secondary N) is 1. The number of nitrogens with zero attached hydrogens (tertiary/aromatic N) is 3. The summed E-state index contributed by atoms with van der Waals surface area (Å²) in [5, 5.41) is 9.20. The molecule has 0 saturated carbocycles. The molecule has 0 atom stereocenters. The van der Waals surface area contributed by atoms with Crippen LogP contribution >= 0.6 is 0 Å². The van der Waals surface area contributed by atoms with Gasteiger partial charge in [0.2, 0.25) is 10.0 Å². The summed E-state index contributed by atoms with van der Waals surface area (Å²) in [6, 6.07) is 6.74. The Bertz CT molecular complexity index is 832. The van der Waals surface area contributed by atoms with E-state index in [-0.39, 0.29) is 17.0 Å². The van der Waals surface area contributed by atoms with E-state index in [1.54, 1.807) is 25.3 Å². The predicted molar refractivity (Wildman–Crippen MR) is 87.0 cm³/mol. The Morgan fingerprint density at radius 2 is 2.13 bits per heavy atom. The highest BCUT2D eigenvalue weighted by Crippen LogP contribution is 2.18. The molecule has 0 aliphatic rings. The van der Waals surface area contributed by atoms with Gasteiger partial charge in [0.25, 0.3) is 0 Å². The van der Waals surface area contributed by atoms with Gasteiger partial charge in [-0.3, -0.25) is 0 Å². The standard InChI is InChI=1S/C16H20N4O2S/c1-12(2)11-20-8-7-18-16(20)10-19-23(21,22)15-6-4-5-13(3)14(15)9-17/h4-8,12,19H,10-11H2,1-3H3. The molecule has 1 aromatic carbocycles. The summed E-state index contributed by atoms with van der Waals surface area (Å²) in [6.45, 7) is 6.73. The van der Waals surface area contributed by atoms with Crippen molar-refractivity contribution in [2.24, 2.45) is 5.92 Å². The first kappa shape index (κ1) is 17.2. The molecule has 2 rings (SSSR count). The molecule has 0 amide bonds. The number of nitriles is 1. The lowest BCUT2D eigenvalue weighted by atomic mass is 10.1. The number of aryl methyl sites for hydroxylation is 1. The maximum Gasteiger partial charge on any atom is 0.242 e. The lowest BCUT2D eigenvalue weighted by Gasteiger charge is -2.12. The van der Waals surface area contributed by atoms with Gasteiger partial charge in [0.1, 0.15) is 16.8 Å². The Morgan fingerprint density at radius 3 is 2.78 bits per heavy atom. The van der Waals surface area contributed by atoms with Crippen molar-refractivity contribution in [2.45, 2.75) is 38.8 Å². The van der Waals surface area contributed by atoms with Crippen LogP contribution in [0.1, 0.15) is 30.8 Å². The van der Waals surface area contributed by atoms with Gasteiger partial charge < -0.3 is 4.57 Å². The number of benzene rings is 1. The van der Waals surface area contributed by atoms with Crippen LogP contribution in [0.5, 0.6) is 0 Å². The minimum absolute atomic E-state index is 0.00182. The summed E-state index contributed by atoms with van der Waals surface area (Å²) >= 11 is 0. The maximum atomic E-state index is 12.5. The second-order valence-corrected chi connectivity index (χ2v) is 7.51. The molecular weight excluding hydrogens is 312 g/mol. The maximum absolute atomic E-state index is 12.5. The molecule has 0 radical (unpaired) electrons. The molecule has 0 spiro atoms. The van der Waals surface area contributed by atoms with Crippen molar-refractivity contribution in [3.63, 3.8) is 0 Å². The number of rotatable bonds is 6. The fourth-order valence-electron chi connectivity index (χ4n) is 2.31. The molecular formula is C16H20N4O2S. The largest absolute Gasteiger partial charge is 0.334 e. The zero-order valence-electron chi connectivity index (χ0n) is 13.4. The van der Waals surface area contributed by atoms with Gasteiger partial charge in [-0.2, -0.15) is 5.26 Å². The molecule has 0 unspecified atom stereocenters. The summed E-state index contributed by atoms with van der Waals surface area (Å²) in [7, 11) is -3.77. The van der Waals surface area contributed by atoms with Crippen LogP contribution in [0.15, 0.2) is 35.5 Å². The molecule has 0 bridgehead atoms. The van der Waals surface area contributed by atoms with E-state index in [1.807, 2.05) is 16.8 Å². The van der Waals surface area contributed by atoms with Gasteiger partial charge in [0, 0.05) is 18.9 Å². The van der Waals surface area contributed by atoms with Crippen molar-refractivity contribution >= 4 is 10.0 Å². The van der Waals surface area contributed by atoms with Crippen LogP contribution in [0.3, 0.4) is 0 Å². The van der Waals surface area contributed by atoms with Crippen molar-refractivity contribution in [3.8, 4) is 6.07 Å². The molecule has 7 heteroatoms. The molecule has 0 saturated heterocycles.